The molecule has 1 amide bonds. The van der Waals surface area contributed by atoms with Crippen molar-refractivity contribution in [3.05, 3.63) is 35.4 Å². The van der Waals surface area contributed by atoms with E-state index in [0.29, 0.717) is 17.4 Å². The first-order valence-corrected chi connectivity index (χ1v) is 8.69. The van der Waals surface area contributed by atoms with Crippen LogP contribution < -0.4 is 10.6 Å². The van der Waals surface area contributed by atoms with Gasteiger partial charge in [0.25, 0.3) is 0 Å². The molecule has 1 saturated carbocycles. The van der Waals surface area contributed by atoms with Crippen LogP contribution >= 0.6 is 0 Å². The summed E-state index contributed by atoms with van der Waals surface area (Å²) in [5.41, 5.74) is -1.42. The summed E-state index contributed by atoms with van der Waals surface area (Å²) >= 11 is 0. The van der Waals surface area contributed by atoms with Crippen molar-refractivity contribution in [2.45, 2.75) is 32.5 Å². The van der Waals surface area contributed by atoms with E-state index in [1.165, 1.54) is 4.40 Å². The van der Waals surface area contributed by atoms with Crippen LogP contribution in [0, 0.1) is 24.7 Å². The smallest absolute Gasteiger partial charge is 0.344 e. The standard InChI is InChI=1S/C18H21F3N4O/c1-9-5-4-6-25-13(9)14(18(19,20)21)23-16(25)17(2,3)24-15(26)12-10-7-22-8-11(10)12/h4-6,10-12,22H,7-8H2,1-3H3,(H,24,26). The minimum Gasteiger partial charge on any atom is -0.344 e. The van der Waals surface area contributed by atoms with Crippen molar-refractivity contribution in [3.8, 4) is 0 Å². The SMILES string of the molecule is Cc1cccn2c(C(C)(C)NC(=O)C3C4CNCC43)nc(C(F)(F)F)c12. The van der Waals surface area contributed by atoms with E-state index >= 15 is 0 Å². The van der Waals surface area contributed by atoms with Gasteiger partial charge in [0.2, 0.25) is 5.91 Å². The molecule has 0 radical (unpaired) electrons. The van der Waals surface area contributed by atoms with Crippen molar-refractivity contribution < 1.29 is 18.0 Å². The molecule has 1 saturated heterocycles. The third-order valence-corrected chi connectivity index (χ3v) is 5.52. The van der Waals surface area contributed by atoms with Gasteiger partial charge in [0.1, 0.15) is 5.82 Å². The first kappa shape index (κ1) is 17.3. The summed E-state index contributed by atoms with van der Waals surface area (Å²) in [6.07, 6.45) is -3.00. The molecule has 140 valence electrons. The summed E-state index contributed by atoms with van der Waals surface area (Å²) in [5, 5.41) is 6.15. The van der Waals surface area contributed by atoms with Gasteiger partial charge in [0.15, 0.2) is 5.69 Å². The van der Waals surface area contributed by atoms with E-state index in [1.807, 2.05) is 0 Å². The zero-order chi connectivity index (χ0) is 18.9. The molecule has 2 aromatic rings. The Labute approximate surface area is 149 Å². The fourth-order valence-electron chi connectivity index (χ4n) is 4.20. The van der Waals surface area contributed by atoms with E-state index < -0.39 is 17.4 Å². The summed E-state index contributed by atoms with van der Waals surface area (Å²) in [4.78, 5) is 16.5. The Balaban J connectivity index is 1.71. The molecule has 2 aliphatic rings. The van der Waals surface area contributed by atoms with Crippen molar-refractivity contribution >= 4 is 11.4 Å². The molecule has 4 rings (SSSR count). The number of pyridine rings is 1. The molecular formula is C18H21F3N4O. The molecule has 5 nitrogen and oxygen atoms in total. The van der Waals surface area contributed by atoms with Gasteiger partial charge in [-0.05, 0) is 57.3 Å². The highest BCUT2D eigenvalue weighted by atomic mass is 19.4. The number of aryl methyl sites for hydroxylation is 1. The molecule has 8 heteroatoms. The molecule has 2 aromatic heterocycles. The highest BCUT2D eigenvalue weighted by molar-refractivity contribution is 5.83. The third-order valence-electron chi connectivity index (χ3n) is 5.52. The fraction of sp³-hybridized carbons (Fsp3) is 0.556. The molecule has 2 atom stereocenters. The number of hydrogen-bond donors (Lipinski definition) is 2. The lowest BCUT2D eigenvalue weighted by Gasteiger charge is -2.25. The molecule has 2 unspecified atom stereocenters. The molecule has 0 aromatic carbocycles. The minimum absolute atomic E-state index is 0.0322. The van der Waals surface area contributed by atoms with Crippen molar-refractivity contribution in [2.75, 3.05) is 13.1 Å². The van der Waals surface area contributed by atoms with Crippen LogP contribution in [0.1, 0.15) is 30.9 Å². The number of carbonyl (C=O) groups is 1. The number of nitrogens with zero attached hydrogens (tertiary/aromatic N) is 2. The van der Waals surface area contributed by atoms with Gasteiger partial charge in [-0.2, -0.15) is 13.2 Å². The van der Waals surface area contributed by atoms with Crippen LogP contribution in [0.2, 0.25) is 0 Å². The van der Waals surface area contributed by atoms with E-state index in [2.05, 4.69) is 15.6 Å². The monoisotopic (exact) mass is 366 g/mol. The molecule has 26 heavy (non-hydrogen) atoms. The molecule has 2 N–H and O–H groups in total. The Morgan fingerprint density at radius 3 is 2.58 bits per heavy atom. The number of halogens is 3. The second-order valence-electron chi connectivity index (χ2n) is 7.82. The molecule has 0 spiro atoms. The molecular weight excluding hydrogens is 345 g/mol. The maximum absolute atomic E-state index is 13.5. The Morgan fingerprint density at radius 2 is 1.96 bits per heavy atom. The van der Waals surface area contributed by atoms with Crippen molar-refractivity contribution in [2.24, 2.45) is 17.8 Å². The summed E-state index contributed by atoms with van der Waals surface area (Å²) < 4.78 is 41.9. The summed E-state index contributed by atoms with van der Waals surface area (Å²) in [7, 11) is 0. The van der Waals surface area contributed by atoms with Crippen LogP contribution in [-0.4, -0.2) is 28.4 Å². The lowest BCUT2D eigenvalue weighted by Crippen LogP contribution is -2.44. The maximum atomic E-state index is 13.5. The fourth-order valence-corrected chi connectivity index (χ4v) is 4.20. The van der Waals surface area contributed by atoms with Crippen LogP contribution in [0.4, 0.5) is 13.2 Å². The normalized spacial score (nSPS) is 25.4. The van der Waals surface area contributed by atoms with Crippen molar-refractivity contribution in [1.82, 2.24) is 20.0 Å². The van der Waals surface area contributed by atoms with E-state index in [1.54, 1.807) is 39.1 Å². The van der Waals surface area contributed by atoms with E-state index in [-0.39, 0.29) is 23.2 Å². The third kappa shape index (κ3) is 2.58. The zero-order valence-corrected chi connectivity index (χ0v) is 14.8. The molecule has 3 heterocycles. The number of rotatable bonds is 3. The topological polar surface area (TPSA) is 58.4 Å². The minimum atomic E-state index is -4.56. The van der Waals surface area contributed by atoms with Crippen molar-refractivity contribution in [1.29, 1.82) is 0 Å². The number of piperidine rings is 1. The number of amides is 1. The van der Waals surface area contributed by atoms with Gasteiger partial charge in [0.05, 0.1) is 11.1 Å². The Hall–Kier alpha value is -2.09. The first-order valence-electron chi connectivity index (χ1n) is 8.69. The van der Waals surface area contributed by atoms with Crippen molar-refractivity contribution in [3.63, 3.8) is 0 Å². The highest BCUT2D eigenvalue weighted by Gasteiger charge is 2.57. The van der Waals surface area contributed by atoms with Gasteiger partial charge in [0, 0.05) is 12.1 Å². The first-order chi connectivity index (χ1) is 12.1. The molecule has 0 bridgehead atoms. The van der Waals surface area contributed by atoms with E-state index in [4.69, 9.17) is 0 Å². The second kappa shape index (κ2) is 5.45. The average molecular weight is 366 g/mol. The number of carbonyl (C=O) groups excluding carboxylic acids is 1. The van der Waals surface area contributed by atoms with E-state index in [9.17, 15) is 18.0 Å². The van der Waals surface area contributed by atoms with Gasteiger partial charge in [-0.1, -0.05) is 6.07 Å². The predicted octanol–water partition coefficient (Wildman–Crippen LogP) is 2.48. The van der Waals surface area contributed by atoms with Gasteiger partial charge in [-0.3, -0.25) is 4.79 Å². The zero-order valence-electron chi connectivity index (χ0n) is 14.8. The van der Waals surface area contributed by atoms with Crippen LogP contribution in [-0.2, 0) is 16.5 Å². The number of alkyl halides is 3. The molecule has 1 aliphatic heterocycles. The maximum Gasteiger partial charge on any atom is 0.435 e. The summed E-state index contributed by atoms with van der Waals surface area (Å²) in [6, 6.07) is 3.31. The highest BCUT2D eigenvalue weighted by Crippen LogP contribution is 2.49. The number of hydrogen-bond acceptors (Lipinski definition) is 3. The van der Waals surface area contributed by atoms with Gasteiger partial charge in [-0.25, -0.2) is 4.98 Å². The predicted molar refractivity (Wildman–Crippen MR) is 89.4 cm³/mol. The number of imidazole rings is 1. The number of aromatic nitrogens is 2. The second-order valence-corrected chi connectivity index (χ2v) is 7.82. The molecule has 1 aliphatic carbocycles. The molecule has 2 fully saturated rings. The Kier molecular flexibility index (Phi) is 3.63. The number of nitrogens with one attached hydrogen (secondary N) is 2. The van der Waals surface area contributed by atoms with Crippen LogP contribution in [0.15, 0.2) is 18.3 Å². The quantitative estimate of drug-likeness (QED) is 0.878. The number of fused-ring (bicyclic) bond motifs is 2. The van der Waals surface area contributed by atoms with Gasteiger partial charge in [-0.15, -0.1) is 0 Å². The van der Waals surface area contributed by atoms with Crippen LogP contribution in [0.3, 0.4) is 0 Å². The van der Waals surface area contributed by atoms with E-state index in [0.717, 1.165) is 13.1 Å². The van der Waals surface area contributed by atoms with Gasteiger partial charge < -0.3 is 15.0 Å². The lowest BCUT2D eigenvalue weighted by atomic mass is 10.0. The lowest BCUT2D eigenvalue weighted by molar-refractivity contribution is -0.139. The Bertz CT molecular complexity index is 876. The Morgan fingerprint density at radius 1 is 1.31 bits per heavy atom. The largest absolute Gasteiger partial charge is 0.435 e. The summed E-state index contributed by atoms with van der Waals surface area (Å²) in [5.74, 6) is 0.711. The summed E-state index contributed by atoms with van der Waals surface area (Å²) in [6.45, 7) is 6.66. The van der Waals surface area contributed by atoms with Crippen LogP contribution in [0.25, 0.3) is 5.52 Å². The van der Waals surface area contributed by atoms with Gasteiger partial charge >= 0.3 is 6.18 Å². The van der Waals surface area contributed by atoms with Crippen LogP contribution in [0.5, 0.6) is 0 Å². The average Bonchev–Trinajstić information content (AvgIpc) is 2.89.